The molecule has 0 aliphatic carbocycles. The molecule has 0 radical (unpaired) electrons. The van der Waals surface area contributed by atoms with Gasteiger partial charge in [0.1, 0.15) is 11.2 Å². The van der Waals surface area contributed by atoms with Gasteiger partial charge in [-0.15, -0.1) is 0 Å². The second-order valence-electron chi connectivity index (χ2n) is 13.2. The number of benzene rings is 8. The van der Waals surface area contributed by atoms with Crippen molar-refractivity contribution in [3.8, 4) is 67.5 Å². The smallest absolute Gasteiger partial charge is 0.164 e. The van der Waals surface area contributed by atoms with E-state index in [9.17, 15) is 0 Å². The lowest BCUT2D eigenvalue weighted by atomic mass is 9.95. The van der Waals surface area contributed by atoms with Crippen LogP contribution in [0.4, 0.5) is 0 Å². The maximum Gasteiger partial charge on any atom is 0.164 e. The van der Waals surface area contributed by atoms with Gasteiger partial charge >= 0.3 is 0 Å². The van der Waals surface area contributed by atoms with Crippen LogP contribution in [-0.2, 0) is 0 Å². The Morgan fingerprint density at radius 1 is 0.321 bits per heavy atom. The summed E-state index contributed by atoms with van der Waals surface area (Å²) in [5, 5.41) is 4.44. The van der Waals surface area contributed by atoms with Crippen molar-refractivity contribution < 1.29 is 4.42 Å². The van der Waals surface area contributed by atoms with Crippen molar-refractivity contribution in [1.82, 2.24) is 15.0 Å². The fourth-order valence-electron chi connectivity index (χ4n) is 7.32. The molecular formula is C49H31N3O. The molecule has 53 heavy (non-hydrogen) atoms. The van der Waals surface area contributed by atoms with E-state index in [1.807, 2.05) is 54.6 Å². The molecule has 0 saturated heterocycles. The van der Waals surface area contributed by atoms with E-state index in [1.165, 1.54) is 0 Å². The van der Waals surface area contributed by atoms with Crippen molar-refractivity contribution >= 4 is 32.7 Å². The molecule has 0 atom stereocenters. The van der Waals surface area contributed by atoms with Gasteiger partial charge in [0.15, 0.2) is 17.5 Å². The van der Waals surface area contributed by atoms with Gasteiger partial charge < -0.3 is 4.42 Å². The standard InChI is InChI=1S/C49H31N3O/c1-4-14-32(15-5-1)38-29-39(33-16-6-2-7-17-33)31-40(30-38)49-51-47(35-18-8-3-9-19-35)50-48(52-49)37-22-12-21-36(28-37)41-24-13-20-34-26-27-43-42-23-10-11-25-44(42)53-46(43)45(34)41/h1-31H. The Morgan fingerprint density at radius 3 is 1.53 bits per heavy atom. The highest BCUT2D eigenvalue weighted by molar-refractivity contribution is 6.19. The van der Waals surface area contributed by atoms with E-state index in [0.717, 1.165) is 82.8 Å². The molecule has 0 aliphatic rings. The Morgan fingerprint density at radius 2 is 0.830 bits per heavy atom. The second kappa shape index (κ2) is 12.9. The fourth-order valence-corrected chi connectivity index (χ4v) is 7.32. The van der Waals surface area contributed by atoms with Crippen molar-refractivity contribution in [3.63, 3.8) is 0 Å². The Bertz CT molecular complexity index is 2880. The van der Waals surface area contributed by atoms with Gasteiger partial charge in [-0.05, 0) is 75.2 Å². The molecule has 10 rings (SSSR count). The Balaban J connectivity index is 1.16. The summed E-state index contributed by atoms with van der Waals surface area (Å²) in [6, 6.07) is 65.1. The van der Waals surface area contributed by atoms with E-state index in [1.54, 1.807) is 0 Å². The number of nitrogens with zero attached hydrogens (tertiary/aromatic N) is 3. The average molecular weight is 678 g/mol. The number of hydrogen-bond acceptors (Lipinski definition) is 4. The first-order chi connectivity index (χ1) is 26.2. The maximum atomic E-state index is 6.52. The molecule has 0 aliphatic heterocycles. The van der Waals surface area contributed by atoms with E-state index < -0.39 is 0 Å². The maximum absolute atomic E-state index is 6.52. The van der Waals surface area contributed by atoms with Crippen LogP contribution in [0.15, 0.2) is 192 Å². The van der Waals surface area contributed by atoms with Gasteiger partial charge in [-0.3, -0.25) is 0 Å². The Kier molecular flexibility index (Phi) is 7.43. The van der Waals surface area contributed by atoms with Crippen LogP contribution in [0, 0.1) is 0 Å². The topological polar surface area (TPSA) is 51.8 Å². The van der Waals surface area contributed by atoms with Crippen LogP contribution in [0.25, 0.3) is 100 Å². The van der Waals surface area contributed by atoms with E-state index in [4.69, 9.17) is 19.4 Å². The lowest BCUT2D eigenvalue weighted by Gasteiger charge is -2.13. The molecule has 2 aromatic heterocycles. The van der Waals surface area contributed by atoms with Crippen LogP contribution < -0.4 is 0 Å². The largest absolute Gasteiger partial charge is 0.455 e. The molecule has 0 N–H and O–H groups in total. The van der Waals surface area contributed by atoms with Crippen LogP contribution in [0.2, 0.25) is 0 Å². The summed E-state index contributed by atoms with van der Waals surface area (Å²) in [4.78, 5) is 15.4. The number of aromatic nitrogens is 3. The van der Waals surface area contributed by atoms with Crippen molar-refractivity contribution in [1.29, 1.82) is 0 Å². The lowest BCUT2D eigenvalue weighted by molar-refractivity contribution is 0.673. The quantitative estimate of drug-likeness (QED) is 0.176. The van der Waals surface area contributed by atoms with Crippen LogP contribution in [0.3, 0.4) is 0 Å². The highest BCUT2D eigenvalue weighted by atomic mass is 16.3. The zero-order valence-corrected chi connectivity index (χ0v) is 28.6. The summed E-state index contributed by atoms with van der Waals surface area (Å²) in [7, 11) is 0. The van der Waals surface area contributed by atoms with E-state index in [2.05, 4.69) is 133 Å². The normalized spacial score (nSPS) is 11.4. The first-order valence-electron chi connectivity index (χ1n) is 17.8. The van der Waals surface area contributed by atoms with E-state index >= 15 is 0 Å². The predicted molar refractivity (Wildman–Crippen MR) is 217 cm³/mol. The van der Waals surface area contributed by atoms with Crippen molar-refractivity contribution in [3.05, 3.63) is 188 Å². The monoisotopic (exact) mass is 677 g/mol. The first kappa shape index (κ1) is 30.6. The average Bonchev–Trinajstić information content (AvgIpc) is 3.63. The SMILES string of the molecule is c1ccc(-c2cc(-c3ccccc3)cc(-c3nc(-c4ccccc4)nc(-c4cccc(-c5cccc6ccc7c8ccccc8oc7c56)c4)n3)c2)cc1. The number of para-hydroxylation sites is 1. The predicted octanol–water partition coefficient (Wildman–Crippen LogP) is 12.9. The summed E-state index contributed by atoms with van der Waals surface area (Å²) >= 11 is 0. The highest BCUT2D eigenvalue weighted by Gasteiger charge is 2.17. The van der Waals surface area contributed by atoms with Gasteiger partial charge in [-0.25, -0.2) is 15.0 Å². The molecule has 0 fully saturated rings. The molecule has 4 nitrogen and oxygen atoms in total. The number of rotatable bonds is 6. The summed E-state index contributed by atoms with van der Waals surface area (Å²) < 4.78 is 6.52. The third kappa shape index (κ3) is 5.63. The molecule has 0 bridgehead atoms. The summed E-state index contributed by atoms with van der Waals surface area (Å²) in [5.41, 5.74) is 11.1. The minimum Gasteiger partial charge on any atom is -0.455 e. The molecule has 10 aromatic rings. The molecule has 4 heteroatoms. The molecule has 0 spiro atoms. The molecule has 2 heterocycles. The number of fused-ring (bicyclic) bond motifs is 5. The van der Waals surface area contributed by atoms with Gasteiger partial charge in [0.05, 0.1) is 0 Å². The minimum absolute atomic E-state index is 0.608. The summed E-state index contributed by atoms with van der Waals surface area (Å²) in [5.74, 6) is 1.84. The lowest BCUT2D eigenvalue weighted by Crippen LogP contribution is -2.00. The molecule has 0 saturated carbocycles. The molecule has 0 unspecified atom stereocenters. The fraction of sp³-hybridized carbons (Fsp3) is 0. The summed E-state index contributed by atoms with van der Waals surface area (Å²) in [6.45, 7) is 0. The van der Waals surface area contributed by atoms with Crippen LogP contribution >= 0.6 is 0 Å². The van der Waals surface area contributed by atoms with Crippen molar-refractivity contribution in [2.24, 2.45) is 0 Å². The number of hydrogen-bond donors (Lipinski definition) is 0. The molecular weight excluding hydrogens is 647 g/mol. The molecule has 0 amide bonds. The van der Waals surface area contributed by atoms with Gasteiger partial charge in [0.25, 0.3) is 0 Å². The minimum atomic E-state index is 0.608. The van der Waals surface area contributed by atoms with Crippen molar-refractivity contribution in [2.75, 3.05) is 0 Å². The highest BCUT2D eigenvalue weighted by Crippen LogP contribution is 2.40. The van der Waals surface area contributed by atoms with Crippen LogP contribution in [0.5, 0.6) is 0 Å². The van der Waals surface area contributed by atoms with Gasteiger partial charge in [-0.2, -0.15) is 0 Å². The summed E-state index contributed by atoms with van der Waals surface area (Å²) in [6.07, 6.45) is 0. The first-order valence-corrected chi connectivity index (χ1v) is 17.8. The second-order valence-corrected chi connectivity index (χ2v) is 13.2. The Hall–Kier alpha value is -7.17. The number of furan rings is 1. The van der Waals surface area contributed by atoms with Crippen LogP contribution in [0.1, 0.15) is 0 Å². The molecule has 248 valence electrons. The Labute approximate surface area is 306 Å². The molecule has 8 aromatic carbocycles. The van der Waals surface area contributed by atoms with E-state index in [-0.39, 0.29) is 0 Å². The third-order valence-electron chi connectivity index (χ3n) is 9.89. The van der Waals surface area contributed by atoms with Gasteiger partial charge in [0, 0.05) is 32.8 Å². The van der Waals surface area contributed by atoms with Gasteiger partial charge in [-0.1, -0.05) is 152 Å². The zero-order valence-electron chi connectivity index (χ0n) is 28.6. The van der Waals surface area contributed by atoms with E-state index in [0.29, 0.717) is 17.5 Å². The third-order valence-corrected chi connectivity index (χ3v) is 9.89. The van der Waals surface area contributed by atoms with Crippen molar-refractivity contribution in [2.45, 2.75) is 0 Å². The van der Waals surface area contributed by atoms with Crippen LogP contribution in [-0.4, -0.2) is 15.0 Å². The van der Waals surface area contributed by atoms with Gasteiger partial charge in [0.2, 0.25) is 0 Å². The zero-order chi connectivity index (χ0) is 35.1.